The molecule has 0 unspecified atom stereocenters. The molecule has 0 aromatic heterocycles. The van der Waals surface area contributed by atoms with Crippen LogP contribution in [0.15, 0.2) is 0 Å². The van der Waals surface area contributed by atoms with E-state index in [4.69, 9.17) is 13.7 Å². The van der Waals surface area contributed by atoms with Crippen LogP contribution in [0.2, 0.25) is 0 Å². The van der Waals surface area contributed by atoms with Gasteiger partial charge >= 0.3 is 0 Å². The van der Waals surface area contributed by atoms with Gasteiger partial charge < -0.3 is 0 Å². The molecule has 0 saturated carbocycles. The topological polar surface area (TPSA) is 163 Å². The van der Waals surface area contributed by atoms with Crippen molar-refractivity contribution in [1.82, 2.24) is 0 Å². The SMILES string of the molecule is C.CC(C)S(=O)(=O)O.CC(C)S(=O)(=O)O.CC(C)S(=O)(=O)O. The summed E-state index contributed by atoms with van der Waals surface area (Å²) in [6, 6.07) is 0. The minimum absolute atomic E-state index is 0. The van der Waals surface area contributed by atoms with Gasteiger partial charge in [-0.2, -0.15) is 25.3 Å². The average Bonchev–Trinajstić information content (AvgIpc) is 2.14. The highest BCUT2D eigenvalue weighted by Gasteiger charge is 2.09. The molecular weight excluding hydrogens is 360 g/mol. The minimum Gasteiger partial charge on any atom is -0.285 e. The summed E-state index contributed by atoms with van der Waals surface area (Å²) in [5, 5.41) is -2.02. The fourth-order valence-corrected chi connectivity index (χ4v) is 0. The van der Waals surface area contributed by atoms with E-state index in [9.17, 15) is 25.3 Å². The molecular formula is C10H28O9S3. The van der Waals surface area contributed by atoms with Crippen molar-refractivity contribution in [2.75, 3.05) is 0 Å². The highest BCUT2D eigenvalue weighted by atomic mass is 32.2. The van der Waals surface area contributed by atoms with Crippen molar-refractivity contribution in [1.29, 1.82) is 0 Å². The summed E-state index contributed by atoms with van der Waals surface area (Å²) in [6.07, 6.45) is 0. The minimum atomic E-state index is -3.74. The molecule has 0 radical (unpaired) electrons. The second-order valence-electron chi connectivity index (χ2n) is 4.69. The van der Waals surface area contributed by atoms with Crippen molar-refractivity contribution in [3.8, 4) is 0 Å². The Labute approximate surface area is 134 Å². The second-order valence-corrected chi connectivity index (χ2v) is 10.6. The molecule has 0 aliphatic rings. The van der Waals surface area contributed by atoms with Gasteiger partial charge in [0.1, 0.15) is 0 Å². The van der Waals surface area contributed by atoms with Crippen molar-refractivity contribution >= 4 is 30.4 Å². The van der Waals surface area contributed by atoms with Gasteiger partial charge in [0.25, 0.3) is 30.4 Å². The lowest BCUT2D eigenvalue weighted by Gasteiger charge is -1.94. The predicted molar refractivity (Wildman–Crippen MR) is 86.8 cm³/mol. The Hall–Kier alpha value is -0.270. The third-order valence-corrected chi connectivity index (χ3v) is 5.36. The Morgan fingerprint density at radius 1 is 0.500 bits per heavy atom. The molecule has 22 heavy (non-hydrogen) atoms. The van der Waals surface area contributed by atoms with E-state index in [2.05, 4.69) is 0 Å². The molecule has 0 aliphatic carbocycles. The molecule has 0 aromatic carbocycles. The number of hydrogen-bond acceptors (Lipinski definition) is 6. The summed E-state index contributed by atoms with van der Waals surface area (Å²) in [5.41, 5.74) is 0. The van der Waals surface area contributed by atoms with E-state index in [1.807, 2.05) is 0 Å². The van der Waals surface area contributed by atoms with Crippen LogP contribution in [0.25, 0.3) is 0 Å². The van der Waals surface area contributed by atoms with E-state index in [1.165, 1.54) is 41.5 Å². The van der Waals surface area contributed by atoms with E-state index in [0.717, 1.165) is 0 Å². The van der Waals surface area contributed by atoms with Gasteiger partial charge in [-0.05, 0) is 41.5 Å². The van der Waals surface area contributed by atoms with Crippen LogP contribution in [-0.4, -0.2) is 54.7 Å². The monoisotopic (exact) mass is 388 g/mol. The second kappa shape index (κ2) is 11.3. The maximum Gasteiger partial charge on any atom is 0.267 e. The Bertz CT molecular complexity index is 484. The third-order valence-electron chi connectivity index (χ3n) is 1.79. The lowest BCUT2D eigenvalue weighted by Crippen LogP contribution is -2.10. The van der Waals surface area contributed by atoms with E-state index in [-0.39, 0.29) is 7.43 Å². The molecule has 0 aromatic rings. The molecule has 12 heteroatoms. The summed E-state index contributed by atoms with van der Waals surface area (Å²) in [5.74, 6) is 0. The lowest BCUT2D eigenvalue weighted by atomic mass is 10.6. The molecule has 0 fully saturated rings. The van der Waals surface area contributed by atoms with Crippen LogP contribution < -0.4 is 0 Å². The molecule has 3 N–H and O–H groups in total. The maximum absolute atomic E-state index is 9.89. The van der Waals surface area contributed by atoms with Crippen LogP contribution in [0.5, 0.6) is 0 Å². The molecule has 0 atom stereocenters. The van der Waals surface area contributed by atoms with Crippen LogP contribution in [-0.2, 0) is 30.4 Å². The van der Waals surface area contributed by atoms with Gasteiger partial charge in [-0.3, -0.25) is 13.7 Å². The summed E-state index contributed by atoms with van der Waals surface area (Å²) in [4.78, 5) is 0. The zero-order valence-corrected chi connectivity index (χ0v) is 15.2. The fraction of sp³-hybridized carbons (Fsp3) is 1.00. The van der Waals surface area contributed by atoms with Gasteiger partial charge in [0.15, 0.2) is 0 Å². The van der Waals surface area contributed by atoms with Crippen molar-refractivity contribution < 1.29 is 38.9 Å². The van der Waals surface area contributed by atoms with E-state index in [0.29, 0.717) is 0 Å². The van der Waals surface area contributed by atoms with Crippen LogP contribution in [0.3, 0.4) is 0 Å². The number of hydrogen-bond donors (Lipinski definition) is 3. The molecule has 0 bridgehead atoms. The Morgan fingerprint density at radius 2 is 0.545 bits per heavy atom. The standard InChI is InChI=1S/3C3H8O3S.CH4/c3*1-3(2)7(4,5)6;/h3*3H,1-2H3,(H,4,5,6);1H4. The number of rotatable bonds is 3. The zero-order valence-electron chi connectivity index (χ0n) is 12.7. The Balaban J connectivity index is -0.000000108. The molecule has 140 valence electrons. The molecule has 9 nitrogen and oxygen atoms in total. The summed E-state index contributed by atoms with van der Waals surface area (Å²) in [6.45, 7) is 8.47. The van der Waals surface area contributed by atoms with E-state index >= 15 is 0 Å². The van der Waals surface area contributed by atoms with Crippen LogP contribution in [0.4, 0.5) is 0 Å². The molecule has 0 aliphatic heterocycles. The van der Waals surface area contributed by atoms with Gasteiger partial charge in [0.2, 0.25) is 0 Å². The molecule has 0 spiro atoms. The Kier molecular flexibility index (Phi) is 15.3. The van der Waals surface area contributed by atoms with Crippen molar-refractivity contribution in [3.05, 3.63) is 0 Å². The summed E-state index contributed by atoms with van der Waals surface area (Å²) >= 11 is 0. The largest absolute Gasteiger partial charge is 0.285 e. The van der Waals surface area contributed by atoms with Crippen molar-refractivity contribution in [2.45, 2.75) is 64.7 Å². The highest BCUT2D eigenvalue weighted by molar-refractivity contribution is 7.86. The van der Waals surface area contributed by atoms with Gasteiger partial charge in [-0.25, -0.2) is 0 Å². The first-order valence-corrected chi connectivity index (χ1v) is 10.2. The molecule has 0 heterocycles. The fourth-order valence-electron chi connectivity index (χ4n) is 0. The van der Waals surface area contributed by atoms with E-state index < -0.39 is 46.1 Å². The first-order valence-electron chi connectivity index (χ1n) is 5.72. The lowest BCUT2D eigenvalue weighted by molar-refractivity contribution is 0.471. The zero-order chi connectivity index (χ0) is 18.2. The quantitative estimate of drug-likeness (QED) is 0.607. The van der Waals surface area contributed by atoms with E-state index in [1.54, 1.807) is 0 Å². The molecule has 0 saturated heterocycles. The van der Waals surface area contributed by atoms with Gasteiger partial charge in [-0.15, -0.1) is 0 Å². The smallest absolute Gasteiger partial charge is 0.267 e. The maximum atomic E-state index is 9.89. The normalized spacial score (nSPS) is 12.0. The first kappa shape index (κ1) is 29.7. The Morgan fingerprint density at radius 3 is 0.545 bits per heavy atom. The van der Waals surface area contributed by atoms with Crippen molar-refractivity contribution in [2.24, 2.45) is 0 Å². The summed E-state index contributed by atoms with van der Waals surface area (Å²) in [7, 11) is -11.2. The van der Waals surface area contributed by atoms with Crippen molar-refractivity contribution in [3.63, 3.8) is 0 Å². The predicted octanol–water partition coefficient (Wildman–Crippen LogP) is 1.48. The van der Waals surface area contributed by atoms with Crippen LogP contribution in [0.1, 0.15) is 49.0 Å². The van der Waals surface area contributed by atoms with Crippen LogP contribution in [0, 0.1) is 0 Å². The van der Waals surface area contributed by atoms with Gasteiger partial charge in [0, 0.05) is 0 Å². The van der Waals surface area contributed by atoms with Gasteiger partial charge in [0.05, 0.1) is 15.7 Å². The van der Waals surface area contributed by atoms with Gasteiger partial charge in [-0.1, -0.05) is 7.43 Å². The third kappa shape index (κ3) is 22.0. The summed E-state index contributed by atoms with van der Waals surface area (Å²) < 4.78 is 83.5. The first-order chi connectivity index (χ1) is 8.83. The average molecular weight is 389 g/mol. The van der Waals surface area contributed by atoms with Crippen LogP contribution >= 0.6 is 0 Å². The molecule has 0 amide bonds. The highest BCUT2D eigenvalue weighted by Crippen LogP contribution is 1.93. The molecule has 0 rings (SSSR count).